The molecule has 10 heteroatoms. The van der Waals surface area contributed by atoms with Crippen LogP contribution in [-0.2, 0) is 20.9 Å². The summed E-state index contributed by atoms with van der Waals surface area (Å²) in [5, 5.41) is 7.12. The van der Waals surface area contributed by atoms with Gasteiger partial charge in [-0.25, -0.2) is 9.18 Å². The van der Waals surface area contributed by atoms with E-state index in [0.29, 0.717) is 6.04 Å². The first-order valence-electron chi connectivity index (χ1n) is 9.14. The maximum Gasteiger partial charge on any atom is 0.490 e. The van der Waals surface area contributed by atoms with Crippen molar-refractivity contribution in [3.05, 3.63) is 35.6 Å². The lowest BCUT2D eigenvalue weighted by Crippen LogP contribution is -2.47. The minimum Gasteiger partial charge on any atom is -0.475 e. The van der Waals surface area contributed by atoms with Gasteiger partial charge in [0.05, 0.1) is 6.10 Å². The zero-order valence-corrected chi connectivity index (χ0v) is 16.2. The number of aliphatic carboxylic acids is 1. The fourth-order valence-corrected chi connectivity index (χ4v) is 3.51. The number of carbonyl (C=O) groups excluding carboxylic acids is 1. The molecule has 1 aromatic rings. The van der Waals surface area contributed by atoms with Crippen LogP contribution in [0.25, 0.3) is 0 Å². The van der Waals surface area contributed by atoms with Crippen molar-refractivity contribution >= 4 is 11.9 Å². The maximum absolute atomic E-state index is 13.0. The average molecular weight is 420 g/mol. The Bertz CT molecular complexity index is 709. The number of nitrogens with zero attached hydrogens (tertiary/aromatic N) is 2. The van der Waals surface area contributed by atoms with E-state index in [1.54, 1.807) is 19.0 Å². The lowest BCUT2D eigenvalue weighted by atomic mass is 9.98. The van der Waals surface area contributed by atoms with E-state index in [2.05, 4.69) is 4.90 Å². The third-order valence-electron chi connectivity index (χ3n) is 4.92. The van der Waals surface area contributed by atoms with Crippen molar-refractivity contribution in [3.8, 4) is 0 Å². The SMILES string of the molecule is CN(C)C(=O)[C@@H]1CC[C@@H]2[C@@H](CCN2Cc2ccc(F)cc2)O1.O=C(O)C(F)(F)F. The van der Waals surface area contributed by atoms with Crippen LogP contribution in [0.1, 0.15) is 24.8 Å². The van der Waals surface area contributed by atoms with Crippen LogP contribution in [0.5, 0.6) is 0 Å². The van der Waals surface area contributed by atoms with Crippen LogP contribution >= 0.6 is 0 Å². The van der Waals surface area contributed by atoms with Gasteiger partial charge in [-0.1, -0.05) is 12.1 Å². The van der Waals surface area contributed by atoms with Gasteiger partial charge in [-0.15, -0.1) is 0 Å². The number of likely N-dealkylation sites (N-methyl/N-ethyl adjacent to an activating group) is 1. The van der Waals surface area contributed by atoms with Crippen LogP contribution in [0.2, 0.25) is 0 Å². The second-order valence-electron chi connectivity index (χ2n) is 7.23. The first-order valence-corrected chi connectivity index (χ1v) is 9.14. The summed E-state index contributed by atoms with van der Waals surface area (Å²) in [6.07, 6.45) is -2.51. The number of carboxylic acids is 1. The fourth-order valence-electron chi connectivity index (χ4n) is 3.51. The first kappa shape index (κ1) is 23.1. The van der Waals surface area contributed by atoms with Crippen LogP contribution in [0.4, 0.5) is 17.6 Å². The molecule has 1 aromatic carbocycles. The predicted molar refractivity (Wildman–Crippen MR) is 95.5 cm³/mol. The molecule has 0 unspecified atom stereocenters. The summed E-state index contributed by atoms with van der Waals surface area (Å²) in [5.41, 5.74) is 1.12. The Hall–Kier alpha value is -2.20. The van der Waals surface area contributed by atoms with Crippen molar-refractivity contribution in [3.63, 3.8) is 0 Å². The summed E-state index contributed by atoms with van der Waals surface area (Å²) in [6.45, 7) is 1.78. The number of carboxylic acid groups (broad SMARTS) is 1. The van der Waals surface area contributed by atoms with Gasteiger partial charge in [0.25, 0.3) is 5.91 Å². The first-order chi connectivity index (χ1) is 13.5. The Balaban J connectivity index is 0.000000370. The summed E-state index contributed by atoms with van der Waals surface area (Å²) in [5.74, 6) is -2.89. The molecular formula is C19H24F4N2O4. The van der Waals surface area contributed by atoms with Gasteiger partial charge in [-0.3, -0.25) is 9.69 Å². The quantitative estimate of drug-likeness (QED) is 0.762. The Labute approximate surface area is 166 Å². The molecule has 0 aliphatic carbocycles. The largest absolute Gasteiger partial charge is 0.490 e. The van der Waals surface area contributed by atoms with E-state index in [-0.39, 0.29) is 23.9 Å². The van der Waals surface area contributed by atoms with E-state index in [1.807, 2.05) is 12.1 Å². The second-order valence-corrected chi connectivity index (χ2v) is 7.23. The number of fused-ring (bicyclic) bond motifs is 1. The number of rotatable bonds is 3. The molecule has 2 fully saturated rings. The number of alkyl halides is 3. The van der Waals surface area contributed by atoms with Gasteiger partial charge >= 0.3 is 12.1 Å². The van der Waals surface area contributed by atoms with Gasteiger partial charge in [-0.05, 0) is 37.0 Å². The van der Waals surface area contributed by atoms with E-state index < -0.39 is 12.1 Å². The number of carbonyl (C=O) groups is 2. The van der Waals surface area contributed by atoms with E-state index in [1.165, 1.54) is 12.1 Å². The van der Waals surface area contributed by atoms with Crippen molar-refractivity contribution in [2.24, 2.45) is 0 Å². The van der Waals surface area contributed by atoms with Crippen LogP contribution in [0.15, 0.2) is 24.3 Å². The lowest BCUT2D eigenvalue weighted by molar-refractivity contribution is -0.192. The molecule has 1 N–H and O–H groups in total. The number of likely N-dealkylation sites (tertiary alicyclic amines) is 1. The number of hydrogen-bond acceptors (Lipinski definition) is 4. The maximum atomic E-state index is 13.0. The second kappa shape index (κ2) is 9.53. The number of hydrogen-bond donors (Lipinski definition) is 1. The zero-order valence-electron chi connectivity index (χ0n) is 16.2. The molecule has 29 heavy (non-hydrogen) atoms. The highest BCUT2D eigenvalue weighted by atomic mass is 19.4. The van der Waals surface area contributed by atoms with Gasteiger partial charge in [0.15, 0.2) is 0 Å². The van der Waals surface area contributed by atoms with Crippen molar-refractivity contribution in [2.45, 2.75) is 50.2 Å². The molecular weight excluding hydrogens is 396 g/mol. The molecule has 6 nitrogen and oxygen atoms in total. The highest BCUT2D eigenvalue weighted by Gasteiger charge is 2.41. The van der Waals surface area contributed by atoms with E-state index >= 15 is 0 Å². The van der Waals surface area contributed by atoms with Crippen molar-refractivity contribution in [1.82, 2.24) is 9.80 Å². The Morgan fingerprint density at radius 3 is 2.28 bits per heavy atom. The number of ether oxygens (including phenoxy) is 1. The number of halogens is 4. The van der Waals surface area contributed by atoms with Crippen LogP contribution in [-0.4, -0.2) is 71.8 Å². The smallest absolute Gasteiger partial charge is 0.475 e. The number of benzene rings is 1. The van der Waals surface area contributed by atoms with Crippen LogP contribution in [0, 0.1) is 5.82 Å². The predicted octanol–water partition coefficient (Wildman–Crippen LogP) is 2.67. The molecule has 3 rings (SSSR count). The molecule has 3 atom stereocenters. The summed E-state index contributed by atoms with van der Waals surface area (Å²) in [7, 11) is 3.54. The molecule has 2 heterocycles. The highest BCUT2D eigenvalue weighted by molar-refractivity contribution is 5.80. The topological polar surface area (TPSA) is 70.1 Å². The molecule has 0 radical (unpaired) electrons. The molecule has 2 aliphatic heterocycles. The molecule has 0 aromatic heterocycles. The summed E-state index contributed by atoms with van der Waals surface area (Å²) < 4.78 is 50.7. The average Bonchev–Trinajstić information content (AvgIpc) is 3.04. The van der Waals surface area contributed by atoms with Gasteiger partial charge in [0.1, 0.15) is 11.9 Å². The summed E-state index contributed by atoms with van der Waals surface area (Å²) in [6, 6.07) is 7.06. The Morgan fingerprint density at radius 2 is 1.76 bits per heavy atom. The van der Waals surface area contributed by atoms with Crippen molar-refractivity contribution in [1.29, 1.82) is 0 Å². The minimum absolute atomic E-state index is 0.0652. The fraction of sp³-hybridized carbons (Fsp3) is 0.579. The van der Waals surface area contributed by atoms with E-state index in [4.69, 9.17) is 14.6 Å². The third-order valence-corrected chi connectivity index (χ3v) is 4.92. The Morgan fingerprint density at radius 1 is 1.17 bits per heavy atom. The van der Waals surface area contributed by atoms with Gasteiger partial charge < -0.3 is 14.7 Å². The molecule has 0 spiro atoms. The van der Waals surface area contributed by atoms with Gasteiger partial charge in [0.2, 0.25) is 0 Å². The summed E-state index contributed by atoms with van der Waals surface area (Å²) in [4.78, 5) is 24.9. The lowest BCUT2D eigenvalue weighted by Gasteiger charge is -2.36. The molecule has 1 amide bonds. The van der Waals surface area contributed by atoms with E-state index in [9.17, 15) is 22.4 Å². The molecule has 2 aliphatic rings. The normalized spacial score (nSPS) is 24.3. The van der Waals surface area contributed by atoms with Crippen molar-refractivity contribution in [2.75, 3.05) is 20.6 Å². The van der Waals surface area contributed by atoms with Crippen molar-refractivity contribution < 1.29 is 37.0 Å². The van der Waals surface area contributed by atoms with Gasteiger partial charge in [0, 0.05) is 33.2 Å². The Kier molecular flexibility index (Phi) is 7.59. The van der Waals surface area contributed by atoms with Gasteiger partial charge in [-0.2, -0.15) is 13.2 Å². The molecule has 0 saturated carbocycles. The summed E-state index contributed by atoms with van der Waals surface area (Å²) >= 11 is 0. The molecule has 2 saturated heterocycles. The highest BCUT2D eigenvalue weighted by Crippen LogP contribution is 2.32. The molecule has 162 valence electrons. The standard InChI is InChI=1S/C17H23FN2O2.C2HF3O2/c1-19(2)17(21)16-8-7-14-15(22-16)9-10-20(14)11-12-3-5-13(18)6-4-12;3-2(4,5)1(6)7/h3-6,14-16H,7-11H2,1-2H3;(H,6,7)/t14-,15-,16+;/m1./s1. The van der Waals surface area contributed by atoms with Crippen LogP contribution < -0.4 is 0 Å². The minimum atomic E-state index is -5.08. The number of amides is 1. The third kappa shape index (κ3) is 6.40. The monoisotopic (exact) mass is 420 g/mol. The zero-order chi connectivity index (χ0) is 21.8. The molecule has 0 bridgehead atoms. The van der Waals surface area contributed by atoms with Crippen LogP contribution in [0.3, 0.4) is 0 Å². The van der Waals surface area contributed by atoms with E-state index in [0.717, 1.165) is 37.9 Å².